The van der Waals surface area contributed by atoms with E-state index in [9.17, 15) is 18.3 Å². The van der Waals surface area contributed by atoms with E-state index in [0.717, 1.165) is 7.11 Å². The summed E-state index contributed by atoms with van der Waals surface area (Å²) in [7, 11) is -1.77. The van der Waals surface area contributed by atoms with Crippen LogP contribution in [0.5, 0.6) is 5.75 Å². The zero-order chi connectivity index (χ0) is 21.2. The first-order chi connectivity index (χ1) is 13.8. The molecule has 9 heteroatoms. The predicted molar refractivity (Wildman–Crippen MR) is 107 cm³/mol. The van der Waals surface area contributed by atoms with Crippen molar-refractivity contribution in [1.82, 2.24) is 0 Å². The van der Waals surface area contributed by atoms with E-state index in [0.29, 0.717) is 16.3 Å². The van der Waals surface area contributed by atoms with E-state index in [1.165, 1.54) is 25.3 Å². The molecule has 0 saturated heterocycles. The number of aromatic hydroxyl groups is 1. The van der Waals surface area contributed by atoms with E-state index < -0.39 is 21.8 Å². The van der Waals surface area contributed by atoms with Crippen LogP contribution in [0.15, 0.2) is 63.7 Å². The van der Waals surface area contributed by atoms with E-state index in [2.05, 4.69) is 14.4 Å². The number of carbonyl (C=O) groups is 1. The van der Waals surface area contributed by atoms with Crippen molar-refractivity contribution in [2.24, 2.45) is 10.2 Å². The van der Waals surface area contributed by atoms with Gasteiger partial charge < -0.3 is 9.84 Å². The monoisotopic (exact) mass is 414 g/mol. The lowest BCUT2D eigenvalue weighted by Crippen LogP contribution is -2.03. The van der Waals surface area contributed by atoms with Gasteiger partial charge in [-0.15, -0.1) is 10.2 Å². The molecular formula is C20H18N2O6S. The van der Waals surface area contributed by atoms with E-state index in [4.69, 9.17) is 4.74 Å². The number of nitrogens with zero attached hydrogens (tertiary/aromatic N) is 2. The minimum Gasteiger partial charge on any atom is -0.505 e. The lowest BCUT2D eigenvalue weighted by atomic mass is 10.0. The van der Waals surface area contributed by atoms with E-state index in [1.54, 1.807) is 37.3 Å². The SMILES string of the molecule is COC(=O)c1cc2ccccc2c(N=Nc2ccc(C)cc2S(=O)(=O)OC)c1O. The summed E-state index contributed by atoms with van der Waals surface area (Å²) >= 11 is 0. The van der Waals surface area contributed by atoms with Crippen LogP contribution in [0, 0.1) is 6.92 Å². The maximum atomic E-state index is 12.2. The molecule has 8 nitrogen and oxygen atoms in total. The van der Waals surface area contributed by atoms with Crippen LogP contribution in [-0.2, 0) is 19.0 Å². The third kappa shape index (κ3) is 3.96. The molecular weight excluding hydrogens is 396 g/mol. The number of carbonyl (C=O) groups excluding carboxylic acids is 1. The van der Waals surface area contributed by atoms with E-state index >= 15 is 0 Å². The highest BCUT2D eigenvalue weighted by atomic mass is 32.2. The third-order valence-corrected chi connectivity index (χ3v) is 5.57. The Labute approximate surface area is 167 Å². The summed E-state index contributed by atoms with van der Waals surface area (Å²) in [4.78, 5) is 11.9. The molecule has 0 heterocycles. The van der Waals surface area contributed by atoms with Gasteiger partial charge in [-0.25, -0.2) is 4.79 Å². The first-order valence-electron chi connectivity index (χ1n) is 8.44. The van der Waals surface area contributed by atoms with Crippen molar-refractivity contribution in [3.8, 4) is 5.75 Å². The van der Waals surface area contributed by atoms with Crippen LogP contribution in [0.2, 0.25) is 0 Å². The molecule has 0 aliphatic heterocycles. The number of rotatable bonds is 5. The van der Waals surface area contributed by atoms with Crippen molar-refractivity contribution in [3.05, 3.63) is 59.7 Å². The van der Waals surface area contributed by atoms with Gasteiger partial charge in [-0.05, 0) is 36.1 Å². The first kappa shape index (κ1) is 20.4. The molecule has 0 aliphatic rings. The van der Waals surface area contributed by atoms with Gasteiger partial charge in [-0.2, -0.15) is 8.42 Å². The molecule has 0 radical (unpaired) electrons. The van der Waals surface area contributed by atoms with Crippen LogP contribution in [0.1, 0.15) is 15.9 Å². The van der Waals surface area contributed by atoms with Crippen LogP contribution < -0.4 is 0 Å². The van der Waals surface area contributed by atoms with Gasteiger partial charge in [-0.3, -0.25) is 4.18 Å². The van der Waals surface area contributed by atoms with Crippen LogP contribution in [0.3, 0.4) is 0 Å². The quantitative estimate of drug-likeness (QED) is 0.376. The van der Waals surface area contributed by atoms with Crippen LogP contribution in [-0.4, -0.2) is 33.7 Å². The van der Waals surface area contributed by atoms with Crippen molar-refractivity contribution < 1.29 is 27.2 Å². The summed E-state index contributed by atoms with van der Waals surface area (Å²) in [6.45, 7) is 1.73. The Balaban J connectivity index is 2.23. The molecule has 3 rings (SSSR count). The Morgan fingerprint density at radius 1 is 1.03 bits per heavy atom. The van der Waals surface area contributed by atoms with Crippen LogP contribution >= 0.6 is 0 Å². The molecule has 0 fully saturated rings. The molecule has 0 aromatic heterocycles. The van der Waals surface area contributed by atoms with Gasteiger partial charge in [0.1, 0.15) is 21.8 Å². The Kier molecular flexibility index (Phi) is 5.62. The minimum absolute atomic E-state index is 0.0184. The second-order valence-electron chi connectivity index (χ2n) is 6.13. The molecule has 150 valence electrons. The maximum absolute atomic E-state index is 12.2. The lowest BCUT2D eigenvalue weighted by Gasteiger charge is -2.09. The molecule has 1 N–H and O–H groups in total. The molecule has 0 spiro atoms. The number of phenols is 1. The zero-order valence-corrected chi connectivity index (χ0v) is 16.7. The van der Waals surface area contributed by atoms with Gasteiger partial charge in [0.25, 0.3) is 10.1 Å². The van der Waals surface area contributed by atoms with Gasteiger partial charge >= 0.3 is 5.97 Å². The molecule has 0 amide bonds. The van der Waals surface area contributed by atoms with Crippen molar-refractivity contribution >= 4 is 38.2 Å². The molecule has 0 bridgehead atoms. The number of phenolic OH excluding ortho intramolecular Hbond substituents is 1. The molecule has 29 heavy (non-hydrogen) atoms. The highest BCUT2D eigenvalue weighted by Gasteiger charge is 2.21. The summed E-state index contributed by atoms with van der Waals surface area (Å²) in [5.41, 5.74) is 0.670. The second-order valence-corrected chi connectivity index (χ2v) is 7.81. The predicted octanol–water partition coefficient (Wildman–Crippen LogP) is 4.39. The van der Waals surface area contributed by atoms with Gasteiger partial charge in [0, 0.05) is 5.39 Å². The second kappa shape index (κ2) is 7.98. The Morgan fingerprint density at radius 3 is 2.45 bits per heavy atom. The Hall–Kier alpha value is -3.30. The first-order valence-corrected chi connectivity index (χ1v) is 9.85. The largest absolute Gasteiger partial charge is 0.505 e. The number of aryl methyl sites for hydroxylation is 1. The van der Waals surface area contributed by atoms with Gasteiger partial charge in [0.2, 0.25) is 0 Å². The maximum Gasteiger partial charge on any atom is 0.341 e. The van der Waals surface area contributed by atoms with E-state index in [-0.39, 0.29) is 21.8 Å². The molecule has 0 saturated carbocycles. The van der Waals surface area contributed by atoms with E-state index in [1.807, 2.05) is 0 Å². The lowest BCUT2D eigenvalue weighted by molar-refractivity contribution is 0.0597. The average molecular weight is 414 g/mol. The summed E-state index contributed by atoms with van der Waals surface area (Å²) in [6, 6.07) is 13.0. The standard InChI is InChI=1S/C20H18N2O6S/c1-12-8-9-16(17(10-12)29(25,26)28-3)21-22-18-14-7-5-4-6-13(14)11-15(19(18)23)20(24)27-2/h4-11,23H,1-3H3. The van der Waals surface area contributed by atoms with Gasteiger partial charge in [0.15, 0.2) is 5.75 Å². The molecule has 0 atom stereocenters. The Morgan fingerprint density at radius 2 is 1.76 bits per heavy atom. The highest BCUT2D eigenvalue weighted by molar-refractivity contribution is 7.87. The summed E-state index contributed by atoms with van der Waals surface area (Å²) in [5.74, 6) is -1.15. The normalized spacial score (nSPS) is 11.8. The van der Waals surface area contributed by atoms with Crippen LogP contribution in [0.25, 0.3) is 10.8 Å². The van der Waals surface area contributed by atoms with Gasteiger partial charge in [-0.1, -0.05) is 30.3 Å². The molecule has 0 aliphatic carbocycles. The fourth-order valence-corrected chi connectivity index (χ4v) is 3.66. The molecule has 0 unspecified atom stereocenters. The molecule has 3 aromatic carbocycles. The number of ether oxygens (including phenoxy) is 1. The molecule has 3 aromatic rings. The fourth-order valence-electron chi connectivity index (χ4n) is 2.78. The van der Waals surface area contributed by atoms with Crippen molar-refractivity contribution in [3.63, 3.8) is 0 Å². The fraction of sp³-hybridized carbons (Fsp3) is 0.150. The van der Waals surface area contributed by atoms with Gasteiger partial charge in [0.05, 0.1) is 14.2 Å². The third-order valence-electron chi connectivity index (χ3n) is 4.26. The zero-order valence-electron chi connectivity index (χ0n) is 15.9. The highest BCUT2D eigenvalue weighted by Crippen LogP contribution is 2.40. The topological polar surface area (TPSA) is 115 Å². The van der Waals surface area contributed by atoms with Crippen molar-refractivity contribution in [1.29, 1.82) is 0 Å². The number of esters is 1. The minimum atomic E-state index is -4.02. The summed E-state index contributed by atoms with van der Waals surface area (Å²) in [5, 5.41) is 19.8. The summed E-state index contributed by atoms with van der Waals surface area (Å²) < 4.78 is 33.7. The summed E-state index contributed by atoms with van der Waals surface area (Å²) in [6.07, 6.45) is 0. The van der Waals surface area contributed by atoms with Crippen LogP contribution in [0.4, 0.5) is 11.4 Å². The number of benzene rings is 3. The smallest absolute Gasteiger partial charge is 0.341 e. The number of methoxy groups -OCH3 is 1. The number of hydrogen-bond acceptors (Lipinski definition) is 8. The number of azo groups is 1. The number of hydrogen-bond donors (Lipinski definition) is 1. The Bertz CT molecular complexity index is 1240. The number of fused-ring (bicyclic) bond motifs is 1. The van der Waals surface area contributed by atoms with Crippen molar-refractivity contribution in [2.45, 2.75) is 11.8 Å². The van der Waals surface area contributed by atoms with Crippen molar-refractivity contribution in [2.75, 3.05) is 14.2 Å². The average Bonchev–Trinajstić information content (AvgIpc) is 2.72.